The minimum absolute atomic E-state index is 0.0390. The Labute approximate surface area is 104 Å². The van der Waals surface area contributed by atoms with Crippen molar-refractivity contribution in [2.75, 3.05) is 5.43 Å². The van der Waals surface area contributed by atoms with E-state index >= 15 is 0 Å². The molecule has 0 heterocycles. The van der Waals surface area contributed by atoms with Gasteiger partial charge in [0.05, 0.1) is 11.3 Å². The Balaban J connectivity index is 3.28. The third kappa shape index (κ3) is 2.63. The number of carbonyl (C=O) groups is 1. The van der Waals surface area contributed by atoms with Gasteiger partial charge in [-0.1, -0.05) is 6.07 Å². The average molecular weight is 242 g/mol. The van der Waals surface area contributed by atoms with Crippen LogP contribution in [0.1, 0.15) is 21.5 Å². The molecule has 0 fully saturated rings. The number of hydrogen-bond acceptors (Lipinski definition) is 5. The zero-order valence-corrected chi connectivity index (χ0v) is 9.85. The molecule has 0 aromatic heterocycles. The quantitative estimate of drug-likeness (QED) is 0.620. The number of carboxylic acids is 1. The van der Waals surface area contributed by atoms with E-state index in [2.05, 4.69) is 10.5 Å². The molecule has 90 valence electrons. The summed E-state index contributed by atoms with van der Waals surface area (Å²) in [6, 6.07) is 6.30. The van der Waals surface area contributed by atoms with Gasteiger partial charge < -0.3 is 5.11 Å². The van der Waals surface area contributed by atoms with Gasteiger partial charge >= 0.3 is 5.97 Å². The first-order chi connectivity index (χ1) is 8.51. The Bertz CT molecular complexity index is 590. The van der Waals surface area contributed by atoms with E-state index in [0.29, 0.717) is 5.56 Å². The number of nitriles is 2. The highest BCUT2D eigenvalue weighted by Crippen LogP contribution is 2.24. The summed E-state index contributed by atoms with van der Waals surface area (Å²) in [5.74, 6) is -1.11. The number of carboxylic acid groups (broad SMARTS) is 1. The molecule has 0 saturated carbocycles. The van der Waals surface area contributed by atoms with Crippen molar-refractivity contribution in [1.82, 2.24) is 0 Å². The van der Waals surface area contributed by atoms with E-state index in [4.69, 9.17) is 15.6 Å². The number of hydrazone groups is 1. The summed E-state index contributed by atoms with van der Waals surface area (Å²) >= 11 is 0. The highest BCUT2D eigenvalue weighted by Gasteiger charge is 2.13. The van der Waals surface area contributed by atoms with Crippen LogP contribution in [0.3, 0.4) is 0 Å². The topological polar surface area (TPSA) is 109 Å². The molecule has 0 spiro atoms. The SMILES string of the molecule is Cc1ccc(C(=O)O)c(NN=C(C#N)C#N)c1C. The van der Waals surface area contributed by atoms with Crippen molar-refractivity contribution in [2.45, 2.75) is 13.8 Å². The van der Waals surface area contributed by atoms with Crippen LogP contribution in [-0.2, 0) is 0 Å². The monoisotopic (exact) mass is 242 g/mol. The summed E-state index contributed by atoms with van der Waals surface area (Å²) < 4.78 is 0. The van der Waals surface area contributed by atoms with Crippen LogP contribution in [-0.4, -0.2) is 16.8 Å². The Morgan fingerprint density at radius 1 is 1.33 bits per heavy atom. The normalized spacial score (nSPS) is 8.89. The fourth-order valence-corrected chi connectivity index (χ4v) is 1.32. The van der Waals surface area contributed by atoms with Gasteiger partial charge in [-0.15, -0.1) is 0 Å². The van der Waals surface area contributed by atoms with Crippen molar-refractivity contribution >= 4 is 17.4 Å². The Kier molecular flexibility index (Phi) is 4.01. The standard InChI is InChI=1S/C12H10N4O2/c1-7-3-4-10(12(17)18)11(8(7)2)16-15-9(5-13)6-14/h3-4,16H,1-2H3,(H,17,18). The molecular formula is C12H10N4O2. The second kappa shape index (κ2) is 5.46. The van der Waals surface area contributed by atoms with Crippen molar-refractivity contribution in [3.63, 3.8) is 0 Å². The summed E-state index contributed by atoms with van der Waals surface area (Å²) in [6.07, 6.45) is 0. The Hall–Kier alpha value is -2.86. The predicted molar refractivity (Wildman–Crippen MR) is 65.2 cm³/mol. The maximum absolute atomic E-state index is 11.1. The second-order valence-corrected chi connectivity index (χ2v) is 3.53. The molecule has 2 N–H and O–H groups in total. The summed E-state index contributed by atoms with van der Waals surface area (Å²) in [5.41, 5.74) is 4.01. The molecule has 1 rings (SSSR count). The smallest absolute Gasteiger partial charge is 0.337 e. The van der Waals surface area contributed by atoms with Gasteiger partial charge in [0.2, 0.25) is 5.71 Å². The summed E-state index contributed by atoms with van der Waals surface area (Å²) in [7, 11) is 0. The van der Waals surface area contributed by atoms with E-state index < -0.39 is 5.97 Å². The lowest BCUT2D eigenvalue weighted by molar-refractivity contribution is 0.0698. The van der Waals surface area contributed by atoms with Crippen LogP contribution >= 0.6 is 0 Å². The summed E-state index contributed by atoms with van der Waals surface area (Å²) in [5, 5.41) is 29.7. The van der Waals surface area contributed by atoms with Crippen LogP contribution in [0, 0.1) is 36.5 Å². The number of hydrogen-bond donors (Lipinski definition) is 2. The van der Waals surface area contributed by atoms with Crippen molar-refractivity contribution < 1.29 is 9.90 Å². The number of anilines is 1. The Morgan fingerprint density at radius 2 is 1.94 bits per heavy atom. The number of nitrogens with one attached hydrogen (secondary N) is 1. The van der Waals surface area contributed by atoms with Crippen molar-refractivity contribution in [3.8, 4) is 12.1 Å². The lowest BCUT2D eigenvalue weighted by Gasteiger charge is -2.11. The van der Waals surface area contributed by atoms with Gasteiger partial charge in [-0.25, -0.2) is 4.79 Å². The van der Waals surface area contributed by atoms with E-state index in [9.17, 15) is 4.79 Å². The van der Waals surface area contributed by atoms with Crippen LogP contribution in [0.2, 0.25) is 0 Å². The molecular weight excluding hydrogens is 232 g/mol. The van der Waals surface area contributed by atoms with Crippen LogP contribution in [0.15, 0.2) is 17.2 Å². The van der Waals surface area contributed by atoms with Gasteiger partial charge in [-0.3, -0.25) is 5.43 Å². The lowest BCUT2D eigenvalue weighted by atomic mass is 10.0. The maximum atomic E-state index is 11.1. The minimum atomic E-state index is -1.11. The number of aryl methyl sites for hydroxylation is 1. The maximum Gasteiger partial charge on any atom is 0.337 e. The summed E-state index contributed by atoms with van der Waals surface area (Å²) in [4.78, 5) is 11.1. The van der Waals surface area contributed by atoms with Crippen molar-refractivity contribution in [1.29, 1.82) is 10.5 Å². The largest absolute Gasteiger partial charge is 0.478 e. The second-order valence-electron chi connectivity index (χ2n) is 3.53. The van der Waals surface area contributed by atoms with Gasteiger partial charge in [-0.2, -0.15) is 15.6 Å². The highest BCUT2D eigenvalue weighted by atomic mass is 16.4. The van der Waals surface area contributed by atoms with E-state index in [-0.39, 0.29) is 17.0 Å². The number of rotatable bonds is 3. The van der Waals surface area contributed by atoms with Crippen LogP contribution in [0.4, 0.5) is 5.69 Å². The zero-order valence-electron chi connectivity index (χ0n) is 9.85. The van der Waals surface area contributed by atoms with E-state index in [0.717, 1.165) is 5.56 Å². The molecule has 0 aliphatic heterocycles. The van der Waals surface area contributed by atoms with Gasteiger partial charge in [0.15, 0.2) is 0 Å². The van der Waals surface area contributed by atoms with E-state index in [1.54, 1.807) is 25.1 Å². The van der Waals surface area contributed by atoms with Gasteiger partial charge in [-0.05, 0) is 31.0 Å². The molecule has 0 radical (unpaired) electrons. The zero-order chi connectivity index (χ0) is 13.7. The van der Waals surface area contributed by atoms with Gasteiger partial charge in [0.1, 0.15) is 12.1 Å². The summed E-state index contributed by atoms with van der Waals surface area (Å²) in [6.45, 7) is 3.56. The van der Waals surface area contributed by atoms with Crippen molar-refractivity contribution in [2.24, 2.45) is 5.10 Å². The lowest BCUT2D eigenvalue weighted by Crippen LogP contribution is -2.06. The van der Waals surface area contributed by atoms with Crippen LogP contribution < -0.4 is 5.43 Å². The molecule has 6 heteroatoms. The average Bonchev–Trinajstić information content (AvgIpc) is 2.35. The molecule has 0 saturated heterocycles. The molecule has 0 amide bonds. The molecule has 18 heavy (non-hydrogen) atoms. The minimum Gasteiger partial charge on any atom is -0.478 e. The van der Waals surface area contributed by atoms with Crippen LogP contribution in [0.25, 0.3) is 0 Å². The van der Waals surface area contributed by atoms with E-state index in [1.807, 2.05) is 6.92 Å². The Morgan fingerprint density at radius 3 is 2.44 bits per heavy atom. The van der Waals surface area contributed by atoms with Gasteiger partial charge in [0, 0.05) is 0 Å². The highest BCUT2D eigenvalue weighted by molar-refractivity contribution is 6.10. The molecule has 6 nitrogen and oxygen atoms in total. The van der Waals surface area contributed by atoms with Gasteiger partial charge in [0.25, 0.3) is 0 Å². The fourth-order valence-electron chi connectivity index (χ4n) is 1.32. The first-order valence-electron chi connectivity index (χ1n) is 4.98. The fraction of sp³-hybridized carbons (Fsp3) is 0.167. The number of benzene rings is 1. The van der Waals surface area contributed by atoms with Crippen molar-refractivity contribution in [3.05, 3.63) is 28.8 Å². The molecule has 0 atom stereocenters. The first kappa shape index (κ1) is 13.2. The van der Waals surface area contributed by atoms with Crippen LogP contribution in [0.5, 0.6) is 0 Å². The molecule has 1 aromatic rings. The molecule has 0 unspecified atom stereocenters. The first-order valence-corrected chi connectivity index (χ1v) is 4.98. The third-order valence-electron chi connectivity index (χ3n) is 2.46. The molecule has 0 aliphatic rings. The van der Waals surface area contributed by atoms with E-state index in [1.165, 1.54) is 6.07 Å². The third-order valence-corrected chi connectivity index (χ3v) is 2.46. The predicted octanol–water partition coefficient (Wildman–Crippen LogP) is 1.82. The number of aromatic carboxylic acids is 1. The molecule has 0 bridgehead atoms. The molecule has 1 aromatic carbocycles. The number of nitrogens with zero attached hydrogens (tertiary/aromatic N) is 3. The molecule has 0 aliphatic carbocycles.